The minimum atomic E-state index is -0.711. The van der Waals surface area contributed by atoms with Gasteiger partial charge in [-0.05, 0) is 80.6 Å². The van der Waals surface area contributed by atoms with E-state index in [1.165, 1.54) is 18.2 Å². The first-order chi connectivity index (χ1) is 18.0. The molecule has 0 unspecified atom stereocenters. The number of imide groups is 1. The highest BCUT2D eigenvalue weighted by molar-refractivity contribution is 6.53. The van der Waals surface area contributed by atoms with Crippen LogP contribution in [0.4, 0.5) is 17.1 Å². The zero-order chi connectivity index (χ0) is 27.6. The van der Waals surface area contributed by atoms with Gasteiger partial charge >= 0.3 is 5.97 Å². The van der Waals surface area contributed by atoms with Crippen LogP contribution in [0.25, 0.3) is 0 Å². The molecule has 2 N–H and O–H groups in total. The molecule has 4 rings (SSSR count). The summed E-state index contributed by atoms with van der Waals surface area (Å²) in [7, 11) is 0. The number of hydrogen-bond acceptors (Lipinski definition) is 6. The molecule has 11 heteroatoms. The van der Waals surface area contributed by atoms with Crippen molar-refractivity contribution in [3.05, 3.63) is 98.6 Å². The summed E-state index contributed by atoms with van der Waals surface area (Å²) in [6, 6.07) is 16.9. The normalized spacial score (nSPS) is 13.3. The second-order valence-corrected chi connectivity index (χ2v) is 9.61. The Labute approximate surface area is 233 Å². The maximum atomic E-state index is 13.0. The van der Waals surface area contributed by atoms with Crippen LogP contribution in [0.5, 0.6) is 0 Å². The van der Waals surface area contributed by atoms with E-state index in [2.05, 4.69) is 10.6 Å². The van der Waals surface area contributed by atoms with Gasteiger partial charge in [0.2, 0.25) is 0 Å². The van der Waals surface area contributed by atoms with Crippen molar-refractivity contribution in [2.45, 2.75) is 20.0 Å². The Morgan fingerprint density at radius 1 is 0.789 bits per heavy atom. The number of carbonyl (C=O) groups is 4. The molecule has 0 saturated heterocycles. The monoisotopic (exact) mass is 571 g/mol. The van der Waals surface area contributed by atoms with Crippen molar-refractivity contribution < 1.29 is 23.9 Å². The van der Waals surface area contributed by atoms with E-state index in [1.54, 1.807) is 62.4 Å². The van der Waals surface area contributed by atoms with E-state index in [9.17, 15) is 19.2 Å². The van der Waals surface area contributed by atoms with Crippen molar-refractivity contribution in [1.82, 2.24) is 0 Å². The van der Waals surface area contributed by atoms with Crippen molar-refractivity contribution >= 4 is 75.6 Å². The molecule has 3 aromatic carbocycles. The molecule has 0 saturated carbocycles. The Morgan fingerprint density at radius 2 is 1.39 bits per heavy atom. The molecule has 8 nitrogen and oxygen atoms in total. The number of nitrogens with one attached hydrogen (secondary N) is 2. The molecule has 0 spiro atoms. The van der Waals surface area contributed by atoms with Crippen LogP contribution in [0.15, 0.2) is 77.5 Å². The lowest BCUT2D eigenvalue weighted by Crippen LogP contribution is -2.32. The summed E-state index contributed by atoms with van der Waals surface area (Å²) in [5.74, 6) is -2.21. The molecule has 0 radical (unpaired) electrons. The molecule has 1 aliphatic rings. The molecule has 1 heterocycles. The molecule has 38 heavy (non-hydrogen) atoms. The zero-order valence-corrected chi connectivity index (χ0v) is 22.3. The van der Waals surface area contributed by atoms with Crippen molar-refractivity contribution in [2.24, 2.45) is 0 Å². The molecule has 1 aliphatic heterocycles. The standard InChI is InChI=1S/C27H20Cl3N3O5/c1-14(2)38-27(37)16-5-9-18(10-6-16)32-24(34)15-3-7-17(8-4-15)31-23-22(30)25(35)33(26(23)36)19-11-12-20(28)21(29)13-19/h3-14,31H,1-2H3,(H,32,34). The first-order valence-corrected chi connectivity index (χ1v) is 12.4. The van der Waals surface area contributed by atoms with Gasteiger partial charge in [-0.1, -0.05) is 34.8 Å². The predicted molar refractivity (Wildman–Crippen MR) is 147 cm³/mol. The molecule has 0 aromatic heterocycles. The number of hydrogen-bond donors (Lipinski definition) is 2. The van der Waals surface area contributed by atoms with Gasteiger partial charge in [0.1, 0.15) is 10.7 Å². The van der Waals surface area contributed by atoms with Gasteiger partial charge in [-0.3, -0.25) is 14.4 Å². The minimum absolute atomic E-state index is 0.115. The fourth-order valence-corrected chi connectivity index (χ4v) is 4.00. The zero-order valence-electron chi connectivity index (χ0n) is 20.1. The molecule has 0 fully saturated rings. The summed E-state index contributed by atoms with van der Waals surface area (Å²) in [6.45, 7) is 3.52. The Balaban J connectivity index is 1.42. The third-order valence-electron chi connectivity index (χ3n) is 5.33. The lowest BCUT2D eigenvalue weighted by atomic mass is 10.1. The van der Waals surface area contributed by atoms with Gasteiger partial charge in [0, 0.05) is 16.9 Å². The Kier molecular flexibility index (Phi) is 8.06. The number of carbonyl (C=O) groups excluding carboxylic acids is 4. The second kappa shape index (κ2) is 11.3. The van der Waals surface area contributed by atoms with Crippen molar-refractivity contribution in [3.8, 4) is 0 Å². The minimum Gasteiger partial charge on any atom is -0.459 e. The molecule has 0 aliphatic carbocycles. The van der Waals surface area contributed by atoms with Crippen molar-refractivity contribution in [3.63, 3.8) is 0 Å². The summed E-state index contributed by atoms with van der Waals surface area (Å²) in [6.07, 6.45) is -0.236. The Bertz CT molecular complexity index is 1470. The summed E-state index contributed by atoms with van der Waals surface area (Å²) in [5, 5.41) is 5.76. The van der Waals surface area contributed by atoms with E-state index in [0.29, 0.717) is 22.5 Å². The van der Waals surface area contributed by atoms with Gasteiger partial charge in [0.15, 0.2) is 0 Å². The Morgan fingerprint density at radius 3 is 2.00 bits per heavy atom. The van der Waals surface area contributed by atoms with E-state index in [4.69, 9.17) is 39.5 Å². The summed E-state index contributed by atoms with van der Waals surface area (Å²) >= 11 is 18.1. The molecular weight excluding hydrogens is 553 g/mol. The Hall–Kier alpha value is -3.85. The van der Waals surface area contributed by atoms with Gasteiger partial charge in [-0.25, -0.2) is 9.69 Å². The van der Waals surface area contributed by atoms with Crippen LogP contribution in [0, 0.1) is 0 Å². The van der Waals surface area contributed by atoms with Gasteiger partial charge in [0.25, 0.3) is 17.7 Å². The maximum absolute atomic E-state index is 13.0. The lowest BCUT2D eigenvalue weighted by Gasteiger charge is -2.15. The van der Waals surface area contributed by atoms with Crippen molar-refractivity contribution in [1.29, 1.82) is 0 Å². The fraction of sp³-hybridized carbons (Fsp3) is 0.111. The number of esters is 1. The second-order valence-electron chi connectivity index (χ2n) is 8.42. The average Bonchev–Trinajstić information content (AvgIpc) is 3.09. The molecular formula is C27H20Cl3N3O5. The van der Waals surface area contributed by atoms with Crippen LogP contribution in [0.1, 0.15) is 34.6 Å². The van der Waals surface area contributed by atoms with Crippen LogP contribution in [0.3, 0.4) is 0 Å². The topological polar surface area (TPSA) is 105 Å². The fourth-order valence-electron chi connectivity index (χ4n) is 3.49. The molecule has 0 bridgehead atoms. The van der Waals surface area contributed by atoms with Gasteiger partial charge in [-0.2, -0.15) is 0 Å². The van der Waals surface area contributed by atoms with Gasteiger partial charge < -0.3 is 15.4 Å². The first-order valence-electron chi connectivity index (χ1n) is 11.3. The lowest BCUT2D eigenvalue weighted by molar-refractivity contribution is -0.120. The smallest absolute Gasteiger partial charge is 0.338 e. The largest absolute Gasteiger partial charge is 0.459 e. The average molecular weight is 573 g/mol. The SMILES string of the molecule is CC(C)OC(=O)c1ccc(NC(=O)c2ccc(NC3=C(Cl)C(=O)N(c4ccc(Cl)c(Cl)c4)C3=O)cc2)cc1. The number of ether oxygens (including phenoxy) is 1. The predicted octanol–water partition coefficient (Wildman–Crippen LogP) is 6.25. The highest BCUT2D eigenvalue weighted by Gasteiger charge is 2.39. The van der Waals surface area contributed by atoms with E-state index >= 15 is 0 Å². The summed E-state index contributed by atoms with van der Waals surface area (Å²) in [4.78, 5) is 51.1. The number of amides is 3. The molecule has 194 valence electrons. The quantitative estimate of drug-likeness (QED) is 0.256. The van der Waals surface area contributed by atoms with Gasteiger partial charge in [-0.15, -0.1) is 0 Å². The molecule has 3 amide bonds. The number of rotatable bonds is 7. The maximum Gasteiger partial charge on any atom is 0.338 e. The number of halogens is 3. The number of benzene rings is 3. The summed E-state index contributed by atoms with van der Waals surface area (Å²) in [5.41, 5.74) is 1.74. The van der Waals surface area contributed by atoms with E-state index in [0.717, 1.165) is 4.90 Å². The van der Waals surface area contributed by atoms with Crippen LogP contribution in [-0.4, -0.2) is 29.8 Å². The van der Waals surface area contributed by atoms with Crippen LogP contribution in [-0.2, 0) is 14.3 Å². The van der Waals surface area contributed by atoms with Crippen LogP contribution < -0.4 is 15.5 Å². The first kappa shape index (κ1) is 27.2. The highest BCUT2D eigenvalue weighted by Crippen LogP contribution is 2.33. The molecule has 3 aromatic rings. The van der Waals surface area contributed by atoms with E-state index < -0.39 is 17.8 Å². The van der Waals surface area contributed by atoms with Crippen LogP contribution >= 0.6 is 34.8 Å². The highest BCUT2D eigenvalue weighted by atomic mass is 35.5. The number of nitrogens with zero attached hydrogens (tertiary/aromatic N) is 1. The van der Waals surface area contributed by atoms with E-state index in [1.807, 2.05) is 0 Å². The molecule has 0 atom stereocenters. The van der Waals surface area contributed by atoms with Gasteiger partial charge in [0.05, 0.1) is 27.4 Å². The third-order valence-corrected chi connectivity index (χ3v) is 6.42. The van der Waals surface area contributed by atoms with Crippen LogP contribution in [0.2, 0.25) is 10.0 Å². The summed E-state index contributed by atoms with van der Waals surface area (Å²) < 4.78 is 5.15. The third kappa shape index (κ3) is 5.83. The van der Waals surface area contributed by atoms with Crippen molar-refractivity contribution in [2.75, 3.05) is 15.5 Å². The van der Waals surface area contributed by atoms with E-state index in [-0.39, 0.29) is 38.5 Å². The number of anilines is 3.